The highest BCUT2D eigenvalue weighted by Gasteiger charge is 2.37. The first-order chi connectivity index (χ1) is 20.0. The molecule has 0 saturated heterocycles. The van der Waals surface area contributed by atoms with Gasteiger partial charge in [-0.1, -0.05) is 97.1 Å². The summed E-state index contributed by atoms with van der Waals surface area (Å²) in [5, 5.41) is 1.08. The number of aromatic nitrogens is 1. The lowest BCUT2D eigenvalue weighted by Crippen LogP contribution is -2.11. The normalized spacial score (nSPS) is 12.0. The number of fused-ring (bicyclic) bond motifs is 1. The van der Waals surface area contributed by atoms with Crippen LogP contribution in [0.1, 0.15) is 11.1 Å². The van der Waals surface area contributed by atoms with Crippen molar-refractivity contribution in [3.63, 3.8) is 0 Å². The van der Waals surface area contributed by atoms with Crippen LogP contribution in [0, 0.1) is 0 Å². The minimum absolute atomic E-state index is 0.132. The molecule has 0 bridgehead atoms. The van der Waals surface area contributed by atoms with Crippen LogP contribution >= 0.6 is 0 Å². The maximum absolute atomic E-state index is 13.3. The molecule has 42 heavy (non-hydrogen) atoms. The summed E-state index contributed by atoms with van der Waals surface area (Å²) in [6, 6.07) is 35.9. The molecule has 7 heteroatoms. The van der Waals surface area contributed by atoms with Crippen molar-refractivity contribution in [1.29, 1.82) is 0 Å². The van der Waals surface area contributed by atoms with Crippen molar-refractivity contribution < 1.29 is 26.3 Å². The van der Waals surface area contributed by atoms with Gasteiger partial charge < -0.3 is 0 Å². The van der Waals surface area contributed by atoms with Crippen LogP contribution in [0.4, 0.5) is 26.3 Å². The molecule has 6 rings (SSSR count). The van der Waals surface area contributed by atoms with Crippen molar-refractivity contribution >= 4 is 10.9 Å². The van der Waals surface area contributed by atoms with Crippen molar-refractivity contribution in [2.45, 2.75) is 12.4 Å². The van der Waals surface area contributed by atoms with E-state index in [-0.39, 0.29) is 17.2 Å². The van der Waals surface area contributed by atoms with Crippen molar-refractivity contribution in [2.75, 3.05) is 0 Å². The van der Waals surface area contributed by atoms with E-state index < -0.39 is 23.5 Å². The van der Waals surface area contributed by atoms with Gasteiger partial charge >= 0.3 is 12.4 Å². The molecule has 1 nitrogen and oxygen atoms in total. The standard InChI is InChI=1S/C35H21F6N/c36-34(37,38)30-19-29(20-31(21-30)35(39,40)41)26-11-9-24(10-12-26)22-5-7-23(8-6-22)25-13-15-28(16-14-25)33-18-17-27-3-1-2-4-32(27)42-33/h1-21H. The lowest BCUT2D eigenvalue weighted by Gasteiger charge is -2.14. The molecule has 6 aromatic rings. The SMILES string of the molecule is FC(F)(F)c1cc(-c2ccc(-c3ccc(-c4ccc(-c5ccc6ccccc6n5)cc4)cc3)cc2)cc(C(F)(F)F)c1. The number of rotatable bonds is 4. The van der Waals surface area contributed by atoms with E-state index in [4.69, 9.17) is 4.98 Å². The Bertz CT molecular complexity index is 1840. The van der Waals surface area contributed by atoms with Crippen LogP contribution in [0.15, 0.2) is 127 Å². The molecule has 0 aliphatic carbocycles. The average Bonchev–Trinajstić information content (AvgIpc) is 3.00. The van der Waals surface area contributed by atoms with Gasteiger partial charge in [0.1, 0.15) is 0 Å². The zero-order valence-corrected chi connectivity index (χ0v) is 21.8. The highest BCUT2D eigenvalue weighted by molar-refractivity contribution is 5.82. The number of benzene rings is 5. The summed E-state index contributed by atoms with van der Waals surface area (Å²) >= 11 is 0. The van der Waals surface area contributed by atoms with Gasteiger partial charge in [0.05, 0.1) is 22.3 Å². The van der Waals surface area contributed by atoms with E-state index in [1.165, 1.54) is 12.1 Å². The number of para-hydroxylation sites is 1. The van der Waals surface area contributed by atoms with Gasteiger partial charge in [-0.15, -0.1) is 0 Å². The van der Waals surface area contributed by atoms with Gasteiger partial charge in [-0.05, 0) is 63.7 Å². The zero-order valence-electron chi connectivity index (χ0n) is 21.8. The molecule has 0 aliphatic rings. The van der Waals surface area contributed by atoms with Crippen molar-refractivity contribution in [2.24, 2.45) is 0 Å². The third-order valence-corrected chi connectivity index (χ3v) is 7.14. The summed E-state index contributed by atoms with van der Waals surface area (Å²) in [6.45, 7) is 0. The van der Waals surface area contributed by atoms with E-state index in [0.29, 0.717) is 0 Å². The van der Waals surface area contributed by atoms with Gasteiger partial charge in [0.25, 0.3) is 0 Å². The minimum atomic E-state index is -4.90. The molecule has 0 N–H and O–H groups in total. The van der Waals surface area contributed by atoms with Gasteiger partial charge in [-0.3, -0.25) is 0 Å². The largest absolute Gasteiger partial charge is 0.416 e. The number of pyridine rings is 1. The number of hydrogen-bond acceptors (Lipinski definition) is 1. The van der Waals surface area contributed by atoms with Crippen molar-refractivity contribution in [3.8, 4) is 44.6 Å². The first-order valence-corrected chi connectivity index (χ1v) is 13.0. The Kier molecular flexibility index (Phi) is 6.81. The molecule has 0 spiro atoms. The predicted octanol–water partition coefficient (Wildman–Crippen LogP) is 10.9. The Labute approximate surface area is 237 Å². The van der Waals surface area contributed by atoms with E-state index in [9.17, 15) is 26.3 Å². The van der Waals surface area contributed by atoms with E-state index in [0.717, 1.165) is 56.5 Å². The van der Waals surface area contributed by atoms with E-state index in [2.05, 4.69) is 6.07 Å². The third kappa shape index (κ3) is 5.63. The summed E-state index contributed by atoms with van der Waals surface area (Å²) in [6.07, 6.45) is -9.79. The van der Waals surface area contributed by atoms with Crippen LogP contribution in [0.2, 0.25) is 0 Å². The van der Waals surface area contributed by atoms with Crippen LogP contribution in [-0.2, 0) is 12.4 Å². The van der Waals surface area contributed by atoms with Gasteiger partial charge in [0.2, 0.25) is 0 Å². The Hall–Kier alpha value is -4.91. The average molecular weight is 570 g/mol. The lowest BCUT2D eigenvalue weighted by molar-refractivity contribution is -0.143. The third-order valence-electron chi connectivity index (χ3n) is 7.14. The van der Waals surface area contributed by atoms with Gasteiger partial charge in [-0.25, -0.2) is 4.98 Å². The van der Waals surface area contributed by atoms with Crippen molar-refractivity contribution in [3.05, 3.63) is 139 Å². The fraction of sp³-hybridized carbons (Fsp3) is 0.0571. The highest BCUT2D eigenvalue weighted by Crippen LogP contribution is 2.39. The first-order valence-electron chi connectivity index (χ1n) is 13.0. The molecule has 0 saturated carbocycles. The van der Waals surface area contributed by atoms with Gasteiger partial charge in [-0.2, -0.15) is 26.3 Å². The molecule has 5 aromatic carbocycles. The molecular weight excluding hydrogens is 548 g/mol. The molecule has 0 fully saturated rings. The summed E-state index contributed by atoms with van der Waals surface area (Å²) in [7, 11) is 0. The van der Waals surface area contributed by atoms with E-state index in [1.54, 1.807) is 12.1 Å². The quantitative estimate of drug-likeness (QED) is 0.193. The minimum Gasteiger partial charge on any atom is -0.248 e. The molecule has 0 amide bonds. The summed E-state index contributed by atoms with van der Waals surface area (Å²) < 4.78 is 79.6. The van der Waals surface area contributed by atoms with Crippen LogP contribution in [-0.4, -0.2) is 4.98 Å². The van der Waals surface area contributed by atoms with E-state index >= 15 is 0 Å². The fourth-order valence-electron chi connectivity index (χ4n) is 4.89. The Morgan fingerprint density at radius 3 is 1.24 bits per heavy atom. The zero-order chi connectivity index (χ0) is 29.5. The van der Waals surface area contributed by atoms with Crippen LogP contribution in [0.25, 0.3) is 55.5 Å². The maximum Gasteiger partial charge on any atom is 0.416 e. The molecule has 1 aromatic heterocycles. The summed E-state index contributed by atoms with van der Waals surface area (Å²) in [5.74, 6) is 0. The number of halogens is 6. The monoisotopic (exact) mass is 569 g/mol. The topological polar surface area (TPSA) is 12.9 Å². The van der Waals surface area contributed by atoms with Gasteiger partial charge in [0.15, 0.2) is 0 Å². The number of alkyl halides is 6. The molecule has 0 atom stereocenters. The van der Waals surface area contributed by atoms with Crippen LogP contribution in [0.5, 0.6) is 0 Å². The summed E-state index contributed by atoms with van der Waals surface area (Å²) in [4.78, 5) is 4.75. The lowest BCUT2D eigenvalue weighted by atomic mass is 9.96. The highest BCUT2D eigenvalue weighted by atomic mass is 19.4. The first kappa shape index (κ1) is 27.3. The van der Waals surface area contributed by atoms with E-state index in [1.807, 2.05) is 78.9 Å². The second kappa shape index (κ2) is 10.5. The van der Waals surface area contributed by atoms with Gasteiger partial charge in [0, 0.05) is 10.9 Å². The fourth-order valence-corrected chi connectivity index (χ4v) is 4.89. The molecule has 0 aliphatic heterocycles. The Balaban J connectivity index is 1.22. The molecule has 0 unspecified atom stereocenters. The summed E-state index contributed by atoms with van der Waals surface area (Å²) in [5.41, 5.74) is 3.92. The second-order valence-corrected chi connectivity index (χ2v) is 9.92. The van der Waals surface area contributed by atoms with Crippen LogP contribution in [0.3, 0.4) is 0 Å². The predicted molar refractivity (Wildman–Crippen MR) is 153 cm³/mol. The smallest absolute Gasteiger partial charge is 0.248 e. The molecule has 0 radical (unpaired) electrons. The Morgan fingerprint density at radius 2 is 0.786 bits per heavy atom. The van der Waals surface area contributed by atoms with Crippen molar-refractivity contribution in [1.82, 2.24) is 4.98 Å². The molecule has 208 valence electrons. The number of nitrogens with zero attached hydrogens (tertiary/aromatic N) is 1. The number of hydrogen-bond donors (Lipinski definition) is 0. The molecular formula is C35H21F6N. The second-order valence-electron chi connectivity index (χ2n) is 9.92. The molecule has 1 heterocycles. The van der Waals surface area contributed by atoms with Crippen LogP contribution < -0.4 is 0 Å². The maximum atomic E-state index is 13.3. The Morgan fingerprint density at radius 1 is 0.381 bits per heavy atom.